The molecule has 12 heavy (non-hydrogen) atoms. The molecule has 1 fully saturated rings. The van der Waals surface area contributed by atoms with Crippen molar-refractivity contribution in [2.24, 2.45) is 5.73 Å². The zero-order valence-corrected chi connectivity index (χ0v) is 7.92. The van der Waals surface area contributed by atoms with Crippen LogP contribution in [-0.2, 0) is 4.79 Å². The summed E-state index contributed by atoms with van der Waals surface area (Å²) in [5.41, 5.74) is 5.59. The fourth-order valence-corrected chi connectivity index (χ4v) is 1.12. The lowest BCUT2D eigenvalue weighted by Gasteiger charge is -2.11. The van der Waals surface area contributed by atoms with Crippen LogP contribution in [0.1, 0.15) is 20.3 Å². The number of amides is 1. The van der Waals surface area contributed by atoms with Crippen LogP contribution in [0.25, 0.3) is 0 Å². The number of likely N-dealkylation sites (tertiary alicyclic amines) is 1. The van der Waals surface area contributed by atoms with Crippen molar-refractivity contribution in [2.75, 3.05) is 13.1 Å². The fourth-order valence-electron chi connectivity index (χ4n) is 1.12. The molecule has 1 aliphatic rings. The van der Waals surface area contributed by atoms with E-state index in [-0.39, 0.29) is 11.9 Å². The summed E-state index contributed by atoms with van der Waals surface area (Å²) >= 11 is 0. The molecule has 1 unspecified atom stereocenters. The first-order valence-corrected chi connectivity index (χ1v) is 4.41. The smallest absolute Gasteiger partial charge is 0.246 e. The van der Waals surface area contributed by atoms with E-state index in [0.29, 0.717) is 6.54 Å². The van der Waals surface area contributed by atoms with Crippen LogP contribution in [0.3, 0.4) is 0 Å². The highest BCUT2D eigenvalue weighted by atomic mass is 16.2. The maximum absolute atomic E-state index is 10.9. The van der Waals surface area contributed by atoms with Gasteiger partial charge < -0.3 is 10.6 Å². The summed E-state index contributed by atoms with van der Waals surface area (Å²) in [6.45, 7) is 8.87. The molecule has 1 saturated heterocycles. The molecule has 2 N–H and O–H groups in total. The summed E-state index contributed by atoms with van der Waals surface area (Å²) in [5, 5.41) is 0. The summed E-state index contributed by atoms with van der Waals surface area (Å²) in [6.07, 6.45) is 2.25. The number of hydrogen-bond donors (Lipinski definition) is 1. The van der Waals surface area contributed by atoms with Crippen molar-refractivity contribution < 1.29 is 4.79 Å². The summed E-state index contributed by atoms with van der Waals surface area (Å²) in [4.78, 5) is 12.6. The van der Waals surface area contributed by atoms with Gasteiger partial charge in [0.25, 0.3) is 0 Å². The predicted octanol–water partition coefficient (Wildman–Crippen LogP) is 0.758. The highest BCUT2D eigenvalue weighted by Crippen LogP contribution is 2.06. The molecule has 0 aromatic carbocycles. The third-order valence-electron chi connectivity index (χ3n) is 1.71. The molecule has 1 amide bonds. The number of carbonyl (C=O) groups is 1. The van der Waals surface area contributed by atoms with Gasteiger partial charge in [0.05, 0.1) is 0 Å². The van der Waals surface area contributed by atoms with Gasteiger partial charge in [0.2, 0.25) is 5.91 Å². The van der Waals surface area contributed by atoms with E-state index in [9.17, 15) is 4.79 Å². The van der Waals surface area contributed by atoms with Gasteiger partial charge in [0, 0.05) is 19.1 Å². The maximum atomic E-state index is 10.9. The van der Waals surface area contributed by atoms with Crippen molar-refractivity contribution in [3.63, 3.8) is 0 Å². The number of nitrogens with two attached hydrogens (primary N) is 1. The average molecular weight is 170 g/mol. The van der Waals surface area contributed by atoms with Crippen LogP contribution in [0.4, 0.5) is 0 Å². The number of nitrogens with zero attached hydrogens (tertiary/aromatic N) is 1. The van der Waals surface area contributed by atoms with Gasteiger partial charge in [-0.3, -0.25) is 4.79 Å². The SMILES string of the molecule is C=CC(=O)N1CCC(N)C1.CC. The normalized spacial score (nSPS) is 21.2. The van der Waals surface area contributed by atoms with Crippen molar-refractivity contribution in [3.05, 3.63) is 12.7 Å². The molecule has 1 heterocycles. The van der Waals surface area contributed by atoms with Gasteiger partial charge in [0.1, 0.15) is 0 Å². The summed E-state index contributed by atoms with van der Waals surface area (Å²) in [7, 11) is 0. The van der Waals surface area contributed by atoms with E-state index in [1.807, 2.05) is 13.8 Å². The van der Waals surface area contributed by atoms with Crippen molar-refractivity contribution >= 4 is 5.91 Å². The van der Waals surface area contributed by atoms with E-state index in [4.69, 9.17) is 5.73 Å². The first kappa shape index (κ1) is 11.2. The van der Waals surface area contributed by atoms with Crippen LogP contribution in [0.2, 0.25) is 0 Å². The Labute approximate surface area is 74.2 Å². The van der Waals surface area contributed by atoms with E-state index in [1.165, 1.54) is 6.08 Å². The quantitative estimate of drug-likeness (QED) is 0.590. The Morgan fingerprint density at radius 2 is 2.25 bits per heavy atom. The number of rotatable bonds is 1. The van der Waals surface area contributed by atoms with Gasteiger partial charge in [-0.25, -0.2) is 0 Å². The minimum Gasteiger partial charge on any atom is -0.338 e. The Hall–Kier alpha value is -0.830. The zero-order chi connectivity index (χ0) is 9.56. The molecule has 70 valence electrons. The third kappa shape index (κ3) is 3.05. The fraction of sp³-hybridized carbons (Fsp3) is 0.667. The molecule has 1 aliphatic heterocycles. The first-order valence-electron chi connectivity index (χ1n) is 4.41. The van der Waals surface area contributed by atoms with Crippen molar-refractivity contribution in [1.29, 1.82) is 0 Å². The van der Waals surface area contributed by atoms with Crippen molar-refractivity contribution in [2.45, 2.75) is 26.3 Å². The summed E-state index contributed by atoms with van der Waals surface area (Å²) in [6, 6.07) is 0.170. The van der Waals surface area contributed by atoms with Gasteiger partial charge in [-0.1, -0.05) is 20.4 Å². The van der Waals surface area contributed by atoms with Crippen molar-refractivity contribution in [1.82, 2.24) is 4.90 Å². The monoisotopic (exact) mass is 170 g/mol. The molecule has 0 saturated carbocycles. The van der Waals surface area contributed by atoms with Crippen molar-refractivity contribution in [3.8, 4) is 0 Å². The molecule has 1 atom stereocenters. The van der Waals surface area contributed by atoms with Gasteiger partial charge in [-0.2, -0.15) is 0 Å². The minimum absolute atomic E-state index is 0.00653. The van der Waals surface area contributed by atoms with E-state index >= 15 is 0 Å². The van der Waals surface area contributed by atoms with E-state index in [1.54, 1.807) is 4.90 Å². The second kappa shape index (κ2) is 5.77. The number of carbonyl (C=O) groups excluding carboxylic acids is 1. The van der Waals surface area contributed by atoms with Crippen LogP contribution in [-0.4, -0.2) is 29.9 Å². The van der Waals surface area contributed by atoms with Crippen LogP contribution >= 0.6 is 0 Å². The lowest BCUT2D eigenvalue weighted by molar-refractivity contribution is -0.125. The topological polar surface area (TPSA) is 46.3 Å². The molecule has 3 nitrogen and oxygen atoms in total. The molecule has 3 heteroatoms. The molecular weight excluding hydrogens is 152 g/mol. The molecule has 0 radical (unpaired) electrons. The van der Waals surface area contributed by atoms with E-state index in [2.05, 4.69) is 6.58 Å². The minimum atomic E-state index is -0.00653. The van der Waals surface area contributed by atoms with E-state index < -0.39 is 0 Å². The van der Waals surface area contributed by atoms with Crippen LogP contribution in [0.5, 0.6) is 0 Å². The van der Waals surface area contributed by atoms with Gasteiger partial charge >= 0.3 is 0 Å². The Kier molecular flexibility index (Phi) is 5.37. The van der Waals surface area contributed by atoms with Crippen LogP contribution in [0.15, 0.2) is 12.7 Å². The second-order valence-electron chi connectivity index (χ2n) is 2.54. The predicted molar refractivity (Wildman–Crippen MR) is 50.7 cm³/mol. The first-order chi connectivity index (χ1) is 5.74. The largest absolute Gasteiger partial charge is 0.338 e. The Morgan fingerprint density at radius 3 is 2.58 bits per heavy atom. The van der Waals surface area contributed by atoms with Gasteiger partial charge in [-0.05, 0) is 12.5 Å². The lowest BCUT2D eigenvalue weighted by atomic mass is 10.3. The molecule has 0 bridgehead atoms. The molecular formula is C9H18N2O. The number of hydrogen-bond acceptors (Lipinski definition) is 2. The molecule has 0 aliphatic carbocycles. The molecule has 0 spiro atoms. The van der Waals surface area contributed by atoms with Gasteiger partial charge in [0.15, 0.2) is 0 Å². The Bertz CT molecular complexity index is 157. The Morgan fingerprint density at radius 1 is 1.67 bits per heavy atom. The highest BCUT2D eigenvalue weighted by Gasteiger charge is 2.21. The van der Waals surface area contributed by atoms with Gasteiger partial charge in [-0.15, -0.1) is 0 Å². The second-order valence-corrected chi connectivity index (χ2v) is 2.54. The van der Waals surface area contributed by atoms with Crippen LogP contribution in [0, 0.1) is 0 Å². The Balaban J connectivity index is 0.000000561. The third-order valence-corrected chi connectivity index (χ3v) is 1.71. The highest BCUT2D eigenvalue weighted by molar-refractivity contribution is 5.87. The standard InChI is InChI=1S/C7H12N2O.C2H6/c1-2-7(10)9-4-3-6(8)5-9;1-2/h2,6H,1,3-5,8H2;1-2H3. The van der Waals surface area contributed by atoms with Crippen LogP contribution < -0.4 is 5.73 Å². The average Bonchev–Trinajstić information content (AvgIpc) is 2.54. The molecule has 0 aromatic rings. The van der Waals surface area contributed by atoms with E-state index in [0.717, 1.165) is 13.0 Å². The zero-order valence-electron chi connectivity index (χ0n) is 7.92. The molecule has 1 rings (SSSR count). The lowest BCUT2D eigenvalue weighted by Crippen LogP contribution is -2.30. The molecule has 0 aromatic heterocycles. The summed E-state index contributed by atoms with van der Waals surface area (Å²) in [5.74, 6) is -0.00653. The summed E-state index contributed by atoms with van der Waals surface area (Å²) < 4.78 is 0. The maximum Gasteiger partial charge on any atom is 0.246 e.